The maximum absolute atomic E-state index is 11.6. The number of carbonyl (C=O) groups is 1. The third-order valence-electron chi connectivity index (χ3n) is 3.73. The summed E-state index contributed by atoms with van der Waals surface area (Å²) < 4.78 is 0. The first-order valence-electron chi connectivity index (χ1n) is 7.21. The van der Waals surface area contributed by atoms with E-state index in [1.54, 1.807) is 0 Å². The highest BCUT2D eigenvalue weighted by molar-refractivity contribution is 5.76. The van der Waals surface area contributed by atoms with Crippen molar-refractivity contribution in [2.75, 3.05) is 6.54 Å². The minimum Gasteiger partial charge on any atom is -0.392 e. The zero-order valence-corrected chi connectivity index (χ0v) is 11.6. The molecule has 2 rings (SSSR count). The van der Waals surface area contributed by atoms with Crippen molar-refractivity contribution in [2.24, 2.45) is 5.92 Å². The van der Waals surface area contributed by atoms with Crippen LogP contribution in [0.3, 0.4) is 0 Å². The van der Waals surface area contributed by atoms with Gasteiger partial charge in [0.2, 0.25) is 5.91 Å². The van der Waals surface area contributed by atoms with Gasteiger partial charge in [-0.3, -0.25) is 4.79 Å². The molecule has 3 heteroatoms. The zero-order chi connectivity index (χ0) is 13.7. The van der Waals surface area contributed by atoms with E-state index in [0.29, 0.717) is 12.5 Å². The van der Waals surface area contributed by atoms with E-state index in [1.165, 1.54) is 11.1 Å². The lowest BCUT2D eigenvalue weighted by atomic mass is 10.1. The molecular formula is C16H23NO2. The number of carbonyl (C=O) groups excluding carboxylic acids is 1. The number of hydrogen-bond acceptors (Lipinski definition) is 2. The molecule has 1 aromatic carbocycles. The van der Waals surface area contributed by atoms with E-state index in [0.717, 1.165) is 25.7 Å². The number of benzene rings is 1. The summed E-state index contributed by atoms with van der Waals surface area (Å²) >= 11 is 0. The highest BCUT2D eigenvalue weighted by Gasteiger charge is 2.30. The van der Waals surface area contributed by atoms with Crippen molar-refractivity contribution in [3.63, 3.8) is 0 Å². The predicted molar refractivity (Wildman–Crippen MR) is 75.9 cm³/mol. The van der Waals surface area contributed by atoms with Gasteiger partial charge in [-0.2, -0.15) is 0 Å². The third kappa shape index (κ3) is 4.67. The molecular weight excluding hydrogens is 238 g/mol. The topological polar surface area (TPSA) is 49.3 Å². The minimum atomic E-state index is -0.441. The molecule has 1 fully saturated rings. The summed E-state index contributed by atoms with van der Waals surface area (Å²) in [6, 6.07) is 8.50. The second kappa shape index (κ2) is 6.71. The average Bonchev–Trinajstić information content (AvgIpc) is 3.24. The Morgan fingerprint density at radius 3 is 2.53 bits per heavy atom. The molecule has 1 amide bonds. The third-order valence-corrected chi connectivity index (χ3v) is 3.73. The first-order valence-corrected chi connectivity index (χ1v) is 7.21. The van der Waals surface area contributed by atoms with E-state index in [-0.39, 0.29) is 12.3 Å². The normalized spacial score (nSPS) is 16.1. The summed E-state index contributed by atoms with van der Waals surface area (Å²) in [5.74, 6) is 0.330. The fourth-order valence-electron chi connectivity index (χ4n) is 2.20. The standard InChI is InChI=1S/C16H23NO2/c1-2-12-3-5-13(6-4-12)9-10-17-16(19)11-15(18)14-7-8-14/h3-6,14-15,18H,2,7-11H2,1H3,(H,17,19)/t15-/m0/s1. The summed E-state index contributed by atoms with van der Waals surface area (Å²) in [5, 5.41) is 12.5. The fraction of sp³-hybridized carbons (Fsp3) is 0.562. The summed E-state index contributed by atoms with van der Waals surface area (Å²) in [6.07, 6.45) is 3.84. The highest BCUT2D eigenvalue weighted by Crippen LogP contribution is 2.33. The highest BCUT2D eigenvalue weighted by atomic mass is 16.3. The van der Waals surface area contributed by atoms with Gasteiger partial charge in [0, 0.05) is 6.54 Å². The lowest BCUT2D eigenvalue weighted by Gasteiger charge is -2.09. The van der Waals surface area contributed by atoms with Gasteiger partial charge in [-0.1, -0.05) is 31.2 Å². The van der Waals surface area contributed by atoms with Crippen LogP contribution in [-0.4, -0.2) is 23.7 Å². The van der Waals surface area contributed by atoms with E-state index in [1.807, 2.05) is 0 Å². The molecule has 1 saturated carbocycles. The summed E-state index contributed by atoms with van der Waals surface area (Å²) in [5.41, 5.74) is 2.57. The van der Waals surface area contributed by atoms with Gasteiger partial charge in [-0.05, 0) is 42.7 Å². The molecule has 0 radical (unpaired) electrons. The second-order valence-corrected chi connectivity index (χ2v) is 5.38. The lowest BCUT2D eigenvalue weighted by molar-refractivity contribution is -0.123. The minimum absolute atomic E-state index is 0.0374. The first-order chi connectivity index (χ1) is 9.19. The molecule has 0 bridgehead atoms. The molecule has 1 atom stereocenters. The molecule has 19 heavy (non-hydrogen) atoms. The predicted octanol–water partition coefficient (Wildman–Crippen LogP) is 2.07. The Labute approximate surface area is 115 Å². The molecule has 1 aromatic rings. The maximum Gasteiger partial charge on any atom is 0.222 e. The Morgan fingerprint density at radius 2 is 1.95 bits per heavy atom. The van der Waals surface area contributed by atoms with Crippen LogP contribution in [0.4, 0.5) is 0 Å². The van der Waals surface area contributed by atoms with E-state index >= 15 is 0 Å². The van der Waals surface area contributed by atoms with E-state index in [4.69, 9.17) is 0 Å². The van der Waals surface area contributed by atoms with Crippen LogP contribution >= 0.6 is 0 Å². The van der Waals surface area contributed by atoms with Crippen LogP contribution in [0.25, 0.3) is 0 Å². The van der Waals surface area contributed by atoms with Crippen molar-refractivity contribution in [1.82, 2.24) is 5.32 Å². The molecule has 0 heterocycles. The number of aliphatic hydroxyl groups is 1. The SMILES string of the molecule is CCc1ccc(CCNC(=O)C[C@H](O)C2CC2)cc1. The number of aliphatic hydroxyl groups excluding tert-OH is 1. The Kier molecular flexibility index (Phi) is 4.97. The van der Waals surface area contributed by atoms with Crippen LogP contribution in [0.2, 0.25) is 0 Å². The number of hydrogen-bond donors (Lipinski definition) is 2. The van der Waals surface area contributed by atoms with Gasteiger partial charge in [0.1, 0.15) is 0 Å². The van der Waals surface area contributed by atoms with Crippen molar-refractivity contribution in [3.8, 4) is 0 Å². The van der Waals surface area contributed by atoms with Crippen molar-refractivity contribution in [1.29, 1.82) is 0 Å². The number of rotatable bonds is 7. The Hall–Kier alpha value is -1.35. The molecule has 0 spiro atoms. The maximum atomic E-state index is 11.6. The summed E-state index contributed by atoms with van der Waals surface area (Å²) in [7, 11) is 0. The van der Waals surface area contributed by atoms with Gasteiger partial charge >= 0.3 is 0 Å². The number of aryl methyl sites for hydroxylation is 1. The number of nitrogens with one attached hydrogen (secondary N) is 1. The Bertz CT molecular complexity index is 409. The van der Waals surface area contributed by atoms with E-state index < -0.39 is 6.10 Å². The fourth-order valence-corrected chi connectivity index (χ4v) is 2.20. The van der Waals surface area contributed by atoms with Crippen LogP contribution in [0.1, 0.15) is 37.3 Å². The molecule has 104 valence electrons. The smallest absolute Gasteiger partial charge is 0.222 e. The molecule has 1 aliphatic rings. The van der Waals surface area contributed by atoms with Crippen molar-refractivity contribution >= 4 is 5.91 Å². The van der Waals surface area contributed by atoms with E-state index in [2.05, 4.69) is 36.5 Å². The van der Waals surface area contributed by atoms with Crippen molar-refractivity contribution < 1.29 is 9.90 Å². The van der Waals surface area contributed by atoms with Crippen LogP contribution in [0, 0.1) is 5.92 Å². The van der Waals surface area contributed by atoms with Gasteiger partial charge in [-0.15, -0.1) is 0 Å². The summed E-state index contributed by atoms with van der Waals surface area (Å²) in [4.78, 5) is 11.6. The van der Waals surface area contributed by atoms with Crippen molar-refractivity contribution in [2.45, 2.75) is 45.1 Å². The first kappa shape index (κ1) is 14.1. The van der Waals surface area contributed by atoms with Crippen LogP contribution in [0.15, 0.2) is 24.3 Å². The number of amides is 1. The Morgan fingerprint density at radius 1 is 1.32 bits per heavy atom. The van der Waals surface area contributed by atoms with Gasteiger partial charge < -0.3 is 10.4 Å². The monoisotopic (exact) mass is 261 g/mol. The molecule has 0 unspecified atom stereocenters. The molecule has 2 N–H and O–H groups in total. The van der Waals surface area contributed by atoms with E-state index in [9.17, 15) is 9.90 Å². The molecule has 0 aromatic heterocycles. The van der Waals surface area contributed by atoms with Crippen molar-refractivity contribution in [3.05, 3.63) is 35.4 Å². The van der Waals surface area contributed by atoms with Gasteiger partial charge in [0.25, 0.3) is 0 Å². The molecule has 0 aliphatic heterocycles. The lowest BCUT2D eigenvalue weighted by Crippen LogP contribution is -2.29. The van der Waals surface area contributed by atoms with Crippen LogP contribution in [-0.2, 0) is 17.6 Å². The van der Waals surface area contributed by atoms with Crippen LogP contribution in [0.5, 0.6) is 0 Å². The largest absolute Gasteiger partial charge is 0.392 e. The van der Waals surface area contributed by atoms with Gasteiger partial charge in [-0.25, -0.2) is 0 Å². The van der Waals surface area contributed by atoms with Gasteiger partial charge in [0.15, 0.2) is 0 Å². The molecule has 3 nitrogen and oxygen atoms in total. The van der Waals surface area contributed by atoms with Gasteiger partial charge in [0.05, 0.1) is 12.5 Å². The molecule has 1 aliphatic carbocycles. The second-order valence-electron chi connectivity index (χ2n) is 5.38. The Balaban J connectivity index is 1.65. The summed E-state index contributed by atoms with van der Waals surface area (Å²) in [6.45, 7) is 2.78. The quantitative estimate of drug-likeness (QED) is 0.789. The zero-order valence-electron chi connectivity index (χ0n) is 11.6. The van der Waals surface area contributed by atoms with Crippen LogP contribution < -0.4 is 5.32 Å². The molecule has 0 saturated heterocycles. The average molecular weight is 261 g/mol.